The van der Waals surface area contributed by atoms with Crippen molar-refractivity contribution >= 4 is 11.7 Å². The van der Waals surface area contributed by atoms with Crippen molar-refractivity contribution in [2.45, 2.75) is 38.8 Å². The summed E-state index contributed by atoms with van der Waals surface area (Å²) >= 11 is 0. The minimum absolute atomic E-state index is 0.0429. The van der Waals surface area contributed by atoms with E-state index in [4.69, 9.17) is 0 Å². The van der Waals surface area contributed by atoms with Crippen LogP contribution in [0.2, 0.25) is 0 Å². The fraction of sp³-hybridized carbons (Fsp3) is 0.545. The van der Waals surface area contributed by atoms with Gasteiger partial charge in [-0.15, -0.1) is 0 Å². The first-order valence-corrected chi connectivity index (χ1v) is 5.46. The molecule has 2 N–H and O–H groups in total. The third kappa shape index (κ3) is 2.68. The fourth-order valence-corrected chi connectivity index (χ4v) is 1.88. The highest BCUT2D eigenvalue weighted by molar-refractivity contribution is 5.73. The largest absolute Gasteiger partial charge is 0.367 e. The van der Waals surface area contributed by atoms with Crippen LogP contribution in [0.1, 0.15) is 25.5 Å². The molecule has 1 heterocycles. The summed E-state index contributed by atoms with van der Waals surface area (Å²) in [6.07, 6.45) is 3.48. The number of nitrogens with one attached hydrogen (secondary N) is 2. The third-order valence-corrected chi connectivity index (χ3v) is 2.70. The Kier molecular flexibility index (Phi) is 3.03. The Morgan fingerprint density at radius 3 is 2.75 bits per heavy atom. The second-order valence-corrected chi connectivity index (χ2v) is 4.25. The van der Waals surface area contributed by atoms with Crippen LogP contribution in [0.25, 0.3) is 0 Å². The predicted octanol–water partition coefficient (Wildman–Crippen LogP) is 0.864. The molecule has 5 nitrogen and oxygen atoms in total. The van der Waals surface area contributed by atoms with Gasteiger partial charge in [0.15, 0.2) is 0 Å². The van der Waals surface area contributed by atoms with Crippen molar-refractivity contribution in [3.05, 3.63) is 18.1 Å². The zero-order valence-corrected chi connectivity index (χ0v) is 9.53. The molecular weight excluding hydrogens is 204 g/mol. The normalized spacial score (nSPS) is 23.4. The first-order valence-electron chi connectivity index (χ1n) is 5.46. The molecule has 0 aliphatic heterocycles. The van der Waals surface area contributed by atoms with E-state index >= 15 is 0 Å². The monoisotopic (exact) mass is 220 g/mol. The quantitative estimate of drug-likeness (QED) is 0.793. The molecule has 1 aromatic rings. The summed E-state index contributed by atoms with van der Waals surface area (Å²) < 4.78 is 0. The van der Waals surface area contributed by atoms with Gasteiger partial charge in [-0.25, -0.2) is 9.97 Å². The SMILES string of the molecule is CC(=O)N[C@H]1C[C@H](Nc2cc(C)ncn2)C1. The molecule has 1 aliphatic rings. The smallest absolute Gasteiger partial charge is 0.217 e. The summed E-state index contributed by atoms with van der Waals surface area (Å²) in [6, 6.07) is 2.65. The van der Waals surface area contributed by atoms with Crippen molar-refractivity contribution in [1.82, 2.24) is 15.3 Å². The topological polar surface area (TPSA) is 66.9 Å². The molecule has 1 amide bonds. The number of amides is 1. The van der Waals surface area contributed by atoms with E-state index in [9.17, 15) is 4.79 Å². The molecule has 0 saturated heterocycles. The van der Waals surface area contributed by atoms with Crippen LogP contribution in [0.15, 0.2) is 12.4 Å². The molecule has 1 saturated carbocycles. The number of rotatable bonds is 3. The molecule has 1 aliphatic carbocycles. The number of nitrogens with zero attached hydrogens (tertiary/aromatic N) is 2. The maximum atomic E-state index is 10.8. The van der Waals surface area contributed by atoms with E-state index in [1.165, 1.54) is 0 Å². The standard InChI is InChI=1S/C11H16N4O/c1-7-3-11(13-6-12-7)15-10-4-9(5-10)14-8(2)16/h3,6,9-10H,4-5H2,1-2H3,(H,14,16)(H,12,13,15)/t9-,10-. The van der Waals surface area contributed by atoms with Gasteiger partial charge < -0.3 is 10.6 Å². The number of aryl methyl sites for hydroxylation is 1. The molecule has 0 atom stereocenters. The van der Waals surface area contributed by atoms with Crippen molar-refractivity contribution in [1.29, 1.82) is 0 Å². The second kappa shape index (κ2) is 4.47. The lowest BCUT2D eigenvalue weighted by atomic mass is 9.86. The van der Waals surface area contributed by atoms with Gasteiger partial charge in [0.25, 0.3) is 0 Å². The molecule has 5 heteroatoms. The highest BCUT2D eigenvalue weighted by atomic mass is 16.1. The van der Waals surface area contributed by atoms with Crippen molar-refractivity contribution in [3.8, 4) is 0 Å². The van der Waals surface area contributed by atoms with Gasteiger partial charge >= 0.3 is 0 Å². The highest BCUT2D eigenvalue weighted by Gasteiger charge is 2.29. The van der Waals surface area contributed by atoms with Crippen LogP contribution in [-0.2, 0) is 4.79 Å². The van der Waals surface area contributed by atoms with Gasteiger partial charge in [-0.05, 0) is 19.8 Å². The Morgan fingerprint density at radius 2 is 2.12 bits per heavy atom. The Hall–Kier alpha value is -1.65. The van der Waals surface area contributed by atoms with Crippen molar-refractivity contribution in [3.63, 3.8) is 0 Å². The zero-order chi connectivity index (χ0) is 11.5. The van der Waals surface area contributed by atoms with Gasteiger partial charge in [0, 0.05) is 30.8 Å². The number of carbonyl (C=O) groups excluding carboxylic acids is 1. The van der Waals surface area contributed by atoms with E-state index in [2.05, 4.69) is 20.6 Å². The van der Waals surface area contributed by atoms with Crippen LogP contribution >= 0.6 is 0 Å². The summed E-state index contributed by atoms with van der Waals surface area (Å²) in [5.41, 5.74) is 0.954. The highest BCUT2D eigenvalue weighted by Crippen LogP contribution is 2.23. The molecule has 0 aromatic carbocycles. The fourth-order valence-electron chi connectivity index (χ4n) is 1.88. The average Bonchev–Trinajstić information content (AvgIpc) is 2.14. The van der Waals surface area contributed by atoms with Crippen LogP contribution in [0.3, 0.4) is 0 Å². The summed E-state index contributed by atoms with van der Waals surface area (Å²) in [5.74, 6) is 0.903. The Labute approximate surface area is 94.7 Å². The Morgan fingerprint density at radius 1 is 1.38 bits per heavy atom. The second-order valence-electron chi connectivity index (χ2n) is 4.25. The Bertz CT molecular complexity index is 387. The number of anilines is 1. The van der Waals surface area contributed by atoms with Gasteiger partial charge in [-0.1, -0.05) is 0 Å². The summed E-state index contributed by atoms with van der Waals surface area (Å²) in [4.78, 5) is 19.0. The van der Waals surface area contributed by atoms with Crippen LogP contribution in [-0.4, -0.2) is 28.0 Å². The van der Waals surface area contributed by atoms with Crippen LogP contribution in [0.5, 0.6) is 0 Å². The van der Waals surface area contributed by atoms with Crippen molar-refractivity contribution < 1.29 is 4.79 Å². The van der Waals surface area contributed by atoms with E-state index < -0.39 is 0 Å². The van der Waals surface area contributed by atoms with Gasteiger partial charge in [0.1, 0.15) is 12.1 Å². The van der Waals surface area contributed by atoms with E-state index in [1.54, 1.807) is 13.3 Å². The molecule has 16 heavy (non-hydrogen) atoms. The average molecular weight is 220 g/mol. The van der Waals surface area contributed by atoms with Crippen LogP contribution < -0.4 is 10.6 Å². The van der Waals surface area contributed by atoms with Crippen LogP contribution in [0, 0.1) is 6.92 Å². The summed E-state index contributed by atoms with van der Waals surface area (Å²) in [6.45, 7) is 3.49. The van der Waals surface area contributed by atoms with E-state index in [0.29, 0.717) is 12.1 Å². The molecule has 1 fully saturated rings. The van der Waals surface area contributed by atoms with E-state index in [1.807, 2.05) is 13.0 Å². The summed E-state index contributed by atoms with van der Waals surface area (Å²) in [7, 11) is 0. The first kappa shape index (κ1) is 10.9. The maximum absolute atomic E-state index is 10.8. The molecule has 0 radical (unpaired) electrons. The molecule has 2 rings (SSSR count). The molecule has 0 unspecified atom stereocenters. The third-order valence-electron chi connectivity index (χ3n) is 2.70. The van der Waals surface area contributed by atoms with Crippen LogP contribution in [0.4, 0.5) is 5.82 Å². The molecule has 0 bridgehead atoms. The van der Waals surface area contributed by atoms with Gasteiger partial charge in [-0.2, -0.15) is 0 Å². The minimum Gasteiger partial charge on any atom is -0.367 e. The van der Waals surface area contributed by atoms with Gasteiger partial charge in [0.05, 0.1) is 0 Å². The number of aromatic nitrogens is 2. The van der Waals surface area contributed by atoms with Crippen molar-refractivity contribution in [2.75, 3.05) is 5.32 Å². The molecule has 0 spiro atoms. The lowest BCUT2D eigenvalue weighted by Gasteiger charge is -2.36. The number of carbonyl (C=O) groups is 1. The first-order chi connectivity index (χ1) is 7.63. The predicted molar refractivity (Wildman–Crippen MR) is 61.0 cm³/mol. The van der Waals surface area contributed by atoms with Crippen molar-refractivity contribution in [2.24, 2.45) is 0 Å². The minimum atomic E-state index is 0.0429. The molecular formula is C11H16N4O. The van der Waals surface area contributed by atoms with E-state index in [0.717, 1.165) is 24.4 Å². The summed E-state index contributed by atoms with van der Waals surface area (Å²) in [5, 5.41) is 6.21. The number of hydrogen-bond acceptors (Lipinski definition) is 4. The van der Waals surface area contributed by atoms with E-state index in [-0.39, 0.29) is 5.91 Å². The lowest BCUT2D eigenvalue weighted by molar-refractivity contribution is -0.120. The molecule has 1 aromatic heterocycles. The lowest BCUT2D eigenvalue weighted by Crippen LogP contribution is -2.49. The zero-order valence-electron chi connectivity index (χ0n) is 9.53. The Balaban J connectivity index is 1.79. The van der Waals surface area contributed by atoms with Gasteiger partial charge in [0.2, 0.25) is 5.91 Å². The maximum Gasteiger partial charge on any atom is 0.217 e. The number of hydrogen-bond donors (Lipinski definition) is 2. The van der Waals surface area contributed by atoms with Gasteiger partial charge in [-0.3, -0.25) is 4.79 Å². The molecule has 86 valence electrons.